The van der Waals surface area contributed by atoms with E-state index >= 15 is 0 Å². The minimum absolute atomic E-state index is 0.120. The molecule has 11 nitrogen and oxygen atoms in total. The van der Waals surface area contributed by atoms with Crippen molar-refractivity contribution in [3.8, 4) is 0 Å². The lowest BCUT2D eigenvalue weighted by atomic mass is 10.1. The van der Waals surface area contributed by atoms with Crippen molar-refractivity contribution in [3.05, 3.63) is 28.3 Å². The van der Waals surface area contributed by atoms with Crippen LogP contribution in [0.3, 0.4) is 0 Å². The Hall–Kier alpha value is -2.69. The molecular formula is C10H17N5O6. The van der Waals surface area contributed by atoms with Gasteiger partial charge in [0.1, 0.15) is 6.04 Å². The maximum absolute atomic E-state index is 11.3. The van der Waals surface area contributed by atoms with E-state index in [2.05, 4.69) is 10.3 Å². The van der Waals surface area contributed by atoms with Crippen LogP contribution in [0.15, 0.2) is 12.5 Å². The van der Waals surface area contributed by atoms with Gasteiger partial charge < -0.3 is 25.9 Å². The molecule has 1 rings (SSSR count). The molecule has 1 heterocycles. The number of nitrogens with one attached hydrogen (secondary N) is 1. The molecule has 118 valence electrons. The monoisotopic (exact) mass is 303 g/mol. The second-order valence-corrected chi connectivity index (χ2v) is 3.93. The first-order valence-corrected chi connectivity index (χ1v) is 5.78. The van der Waals surface area contributed by atoms with Gasteiger partial charge in [-0.15, -0.1) is 10.1 Å². The standard InChI is InChI=1S/C10H16N4O3.HNO3/c1-14-6-12-5-7(14)4-8(10(16)17)13-9(15)2-3-11;2-1(3)4/h5-6,8H,2-4,11H2,1H3,(H,13,15)(H,16,17);(H,2,3,4)/t8-;/m0./s1. The number of rotatable bonds is 6. The van der Waals surface area contributed by atoms with E-state index in [0.29, 0.717) is 0 Å². The normalized spacial score (nSPS) is 11.0. The Balaban J connectivity index is 0.000000885. The molecule has 11 heteroatoms. The molecule has 0 aromatic carbocycles. The Morgan fingerprint density at radius 1 is 1.62 bits per heavy atom. The van der Waals surface area contributed by atoms with Gasteiger partial charge in [0.05, 0.1) is 6.33 Å². The number of carboxylic acids is 1. The molecule has 0 fully saturated rings. The largest absolute Gasteiger partial charge is 0.480 e. The fourth-order valence-corrected chi connectivity index (χ4v) is 1.39. The van der Waals surface area contributed by atoms with Crippen molar-refractivity contribution in [1.82, 2.24) is 14.9 Å². The molecule has 0 aliphatic heterocycles. The maximum atomic E-state index is 11.3. The van der Waals surface area contributed by atoms with Gasteiger partial charge in [-0.05, 0) is 0 Å². The summed E-state index contributed by atoms with van der Waals surface area (Å²) in [4.78, 5) is 34.5. The van der Waals surface area contributed by atoms with Crippen LogP contribution in [0.1, 0.15) is 12.1 Å². The van der Waals surface area contributed by atoms with Crippen molar-refractivity contribution >= 4 is 11.9 Å². The molecule has 0 radical (unpaired) electrons. The number of nitrogens with two attached hydrogens (primary N) is 1. The van der Waals surface area contributed by atoms with Gasteiger partial charge in [0.25, 0.3) is 5.09 Å². The van der Waals surface area contributed by atoms with Crippen LogP contribution in [-0.4, -0.2) is 49.4 Å². The maximum Gasteiger partial charge on any atom is 0.326 e. The minimum Gasteiger partial charge on any atom is -0.480 e. The quantitative estimate of drug-likeness (QED) is 0.364. The second-order valence-electron chi connectivity index (χ2n) is 3.93. The summed E-state index contributed by atoms with van der Waals surface area (Å²) in [7, 11) is 1.77. The molecule has 0 unspecified atom stereocenters. The van der Waals surface area contributed by atoms with E-state index in [-0.39, 0.29) is 25.3 Å². The summed E-state index contributed by atoms with van der Waals surface area (Å²) in [6.07, 6.45) is 3.47. The Bertz CT molecular complexity index is 484. The third-order valence-corrected chi connectivity index (χ3v) is 2.33. The number of carbonyl (C=O) groups is 2. The molecule has 1 atom stereocenters. The summed E-state index contributed by atoms with van der Waals surface area (Å²) in [6, 6.07) is -0.954. The van der Waals surface area contributed by atoms with Gasteiger partial charge in [0.15, 0.2) is 0 Å². The van der Waals surface area contributed by atoms with Gasteiger partial charge in [-0.3, -0.25) is 4.79 Å². The first-order valence-electron chi connectivity index (χ1n) is 5.78. The van der Waals surface area contributed by atoms with E-state index in [0.717, 1.165) is 5.69 Å². The van der Waals surface area contributed by atoms with Crippen molar-refractivity contribution in [1.29, 1.82) is 0 Å². The Morgan fingerprint density at radius 2 is 2.19 bits per heavy atom. The number of hydrogen-bond acceptors (Lipinski definition) is 6. The molecule has 1 aromatic rings. The van der Waals surface area contributed by atoms with Gasteiger partial charge in [-0.1, -0.05) is 0 Å². The van der Waals surface area contributed by atoms with E-state index < -0.39 is 17.1 Å². The molecule has 0 saturated carbocycles. The average Bonchev–Trinajstić information content (AvgIpc) is 2.73. The van der Waals surface area contributed by atoms with Gasteiger partial charge in [-0.2, -0.15) is 0 Å². The second kappa shape index (κ2) is 9.25. The molecule has 0 bridgehead atoms. The highest BCUT2D eigenvalue weighted by molar-refractivity contribution is 5.83. The van der Waals surface area contributed by atoms with Gasteiger partial charge >= 0.3 is 5.97 Å². The van der Waals surface area contributed by atoms with E-state index in [1.807, 2.05) is 0 Å². The molecule has 1 amide bonds. The summed E-state index contributed by atoms with van der Waals surface area (Å²) >= 11 is 0. The Labute approximate surface area is 119 Å². The first kappa shape index (κ1) is 18.3. The zero-order valence-corrected chi connectivity index (χ0v) is 11.3. The number of aryl methyl sites for hydroxylation is 1. The van der Waals surface area contributed by atoms with Crippen molar-refractivity contribution < 1.29 is 25.0 Å². The highest BCUT2D eigenvalue weighted by Crippen LogP contribution is 2.02. The molecular weight excluding hydrogens is 286 g/mol. The van der Waals surface area contributed by atoms with E-state index in [1.54, 1.807) is 24.1 Å². The molecule has 0 saturated heterocycles. The number of aromatic nitrogens is 2. The minimum atomic E-state index is -1.50. The number of carboxylic acid groups (broad SMARTS) is 1. The number of amides is 1. The molecule has 0 spiro atoms. The van der Waals surface area contributed by atoms with E-state index in [4.69, 9.17) is 26.2 Å². The fourth-order valence-electron chi connectivity index (χ4n) is 1.39. The van der Waals surface area contributed by atoms with Crippen molar-refractivity contribution in [2.45, 2.75) is 18.9 Å². The van der Waals surface area contributed by atoms with Crippen LogP contribution in [0, 0.1) is 10.1 Å². The number of aliphatic carboxylic acids is 1. The summed E-state index contributed by atoms with van der Waals surface area (Å²) in [6.45, 7) is 0.198. The van der Waals surface area contributed by atoms with Crippen molar-refractivity contribution in [2.75, 3.05) is 6.54 Å². The summed E-state index contributed by atoms with van der Waals surface area (Å²) in [5.74, 6) is -1.43. The molecule has 0 aliphatic rings. The Morgan fingerprint density at radius 3 is 2.57 bits per heavy atom. The Kier molecular flexibility index (Phi) is 8.07. The van der Waals surface area contributed by atoms with Gasteiger partial charge in [0.2, 0.25) is 5.91 Å². The SMILES string of the molecule is Cn1cncc1C[C@H](NC(=O)CCN)C(=O)O.O=[N+]([O-])O. The summed E-state index contributed by atoms with van der Waals surface area (Å²) in [5, 5.41) is 25.1. The first-order chi connectivity index (χ1) is 9.77. The summed E-state index contributed by atoms with van der Waals surface area (Å²) in [5.41, 5.74) is 5.96. The molecule has 21 heavy (non-hydrogen) atoms. The van der Waals surface area contributed by atoms with Crippen LogP contribution < -0.4 is 11.1 Å². The number of imidazole rings is 1. The molecule has 0 aliphatic carbocycles. The number of nitrogens with zero attached hydrogens (tertiary/aromatic N) is 3. The number of carbonyl (C=O) groups excluding carboxylic acids is 1. The van der Waals surface area contributed by atoms with Crippen LogP contribution >= 0.6 is 0 Å². The van der Waals surface area contributed by atoms with E-state index in [1.165, 1.54) is 0 Å². The molecule has 5 N–H and O–H groups in total. The highest BCUT2D eigenvalue weighted by Gasteiger charge is 2.21. The number of hydrogen-bond donors (Lipinski definition) is 4. The van der Waals surface area contributed by atoms with Crippen LogP contribution in [0.25, 0.3) is 0 Å². The van der Waals surface area contributed by atoms with Crippen LogP contribution in [0.4, 0.5) is 0 Å². The van der Waals surface area contributed by atoms with Crippen molar-refractivity contribution in [3.63, 3.8) is 0 Å². The third kappa shape index (κ3) is 8.15. The van der Waals surface area contributed by atoms with E-state index in [9.17, 15) is 9.59 Å². The van der Waals surface area contributed by atoms with Crippen LogP contribution in [0.5, 0.6) is 0 Å². The third-order valence-electron chi connectivity index (χ3n) is 2.33. The highest BCUT2D eigenvalue weighted by atomic mass is 16.9. The van der Waals surface area contributed by atoms with Crippen LogP contribution in [0.2, 0.25) is 0 Å². The predicted octanol–water partition coefficient (Wildman–Crippen LogP) is -1.47. The smallest absolute Gasteiger partial charge is 0.326 e. The zero-order chi connectivity index (χ0) is 16.4. The van der Waals surface area contributed by atoms with Gasteiger partial charge in [-0.25, -0.2) is 9.78 Å². The zero-order valence-electron chi connectivity index (χ0n) is 11.3. The van der Waals surface area contributed by atoms with Gasteiger partial charge in [0, 0.05) is 38.3 Å². The lowest BCUT2D eigenvalue weighted by molar-refractivity contribution is -0.742. The lowest BCUT2D eigenvalue weighted by Gasteiger charge is -2.14. The predicted molar refractivity (Wildman–Crippen MR) is 68.9 cm³/mol. The molecule has 1 aromatic heterocycles. The topological polar surface area (TPSA) is 174 Å². The lowest BCUT2D eigenvalue weighted by Crippen LogP contribution is -2.43. The van der Waals surface area contributed by atoms with Crippen LogP contribution in [-0.2, 0) is 23.1 Å². The average molecular weight is 303 g/mol. The summed E-state index contributed by atoms with van der Waals surface area (Å²) < 4.78 is 1.71. The fraction of sp³-hybridized carbons (Fsp3) is 0.500. The van der Waals surface area contributed by atoms with Crippen molar-refractivity contribution in [2.24, 2.45) is 12.8 Å².